The summed E-state index contributed by atoms with van der Waals surface area (Å²) in [5, 5.41) is 14.0. The molecule has 0 atom stereocenters. The molecule has 0 unspecified atom stereocenters. The van der Waals surface area contributed by atoms with Crippen LogP contribution in [0.1, 0.15) is 41.5 Å². The van der Waals surface area contributed by atoms with E-state index >= 15 is 0 Å². The van der Waals surface area contributed by atoms with E-state index in [1.807, 2.05) is 0 Å². The minimum atomic E-state index is -0.906. The summed E-state index contributed by atoms with van der Waals surface area (Å²) in [6.07, 6.45) is -0.906. The molecule has 7 nitrogen and oxygen atoms in total. The van der Waals surface area contributed by atoms with Gasteiger partial charge in [0.2, 0.25) is 0 Å². The van der Waals surface area contributed by atoms with Crippen LogP contribution in [0, 0.1) is 21.7 Å². The Kier molecular flexibility index (Phi) is 6.34. The minimum Gasteiger partial charge on any atom is -0.487 e. The summed E-state index contributed by atoms with van der Waals surface area (Å²) < 4.78 is 39.2. The standard InChI is InChI=1S/C21H24F2N2O5/c1-20(2,3)29-18-11-16(24-19(26)30-21(4,5)6)17(25(27)28)10-14(18)13-9-12(22)7-8-15(13)23/h7-11H,1-6H3,(H,24,26). The number of halogens is 2. The quantitative estimate of drug-likeness (QED) is 0.477. The van der Waals surface area contributed by atoms with E-state index in [1.54, 1.807) is 41.5 Å². The fourth-order valence-electron chi connectivity index (χ4n) is 2.56. The monoisotopic (exact) mass is 422 g/mol. The first-order chi connectivity index (χ1) is 13.7. The molecule has 2 aromatic carbocycles. The van der Waals surface area contributed by atoms with Crippen molar-refractivity contribution < 1.29 is 28.0 Å². The molecule has 0 bridgehead atoms. The Balaban J connectivity index is 2.68. The molecule has 0 aromatic heterocycles. The molecule has 162 valence electrons. The second-order valence-corrected chi connectivity index (χ2v) is 8.59. The number of hydrogen-bond donors (Lipinski definition) is 1. The topological polar surface area (TPSA) is 90.7 Å². The van der Waals surface area contributed by atoms with E-state index in [0.29, 0.717) is 0 Å². The zero-order valence-electron chi connectivity index (χ0n) is 17.6. The molecule has 0 aliphatic heterocycles. The number of hydrogen-bond acceptors (Lipinski definition) is 5. The molecule has 1 amide bonds. The summed E-state index contributed by atoms with van der Waals surface area (Å²) >= 11 is 0. The first-order valence-corrected chi connectivity index (χ1v) is 9.13. The third kappa shape index (κ3) is 6.13. The van der Waals surface area contributed by atoms with Gasteiger partial charge in [0.05, 0.1) is 4.92 Å². The van der Waals surface area contributed by atoms with Crippen molar-refractivity contribution >= 4 is 17.5 Å². The lowest BCUT2D eigenvalue weighted by molar-refractivity contribution is -0.383. The third-order valence-corrected chi connectivity index (χ3v) is 3.56. The first kappa shape index (κ1) is 23.1. The molecule has 0 saturated carbocycles. The number of carbonyl (C=O) groups excluding carboxylic acids is 1. The van der Waals surface area contributed by atoms with Crippen molar-refractivity contribution in [3.8, 4) is 16.9 Å². The average molecular weight is 422 g/mol. The molecule has 1 N–H and O–H groups in total. The molecule has 0 radical (unpaired) electrons. The molecular formula is C21H24F2N2O5. The number of nitro benzene ring substituents is 1. The smallest absolute Gasteiger partial charge is 0.412 e. The van der Waals surface area contributed by atoms with Gasteiger partial charge in [-0.1, -0.05) is 0 Å². The van der Waals surface area contributed by atoms with Crippen molar-refractivity contribution in [2.45, 2.75) is 52.7 Å². The zero-order chi connectivity index (χ0) is 22.9. The van der Waals surface area contributed by atoms with Gasteiger partial charge < -0.3 is 9.47 Å². The number of ether oxygens (including phenoxy) is 2. The van der Waals surface area contributed by atoms with Crippen molar-refractivity contribution in [2.24, 2.45) is 0 Å². The van der Waals surface area contributed by atoms with Crippen LogP contribution in [0.4, 0.5) is 25.0 Å². The van der Waals surface area contributed by atoms with Gasteiger partial charge in [0.25, 0.3) is 5.69 Å². The van der Waals surface area contributed by atoms with Crippen molar-refractivity contribution in [2.75, 3.05) is 5.32 Å². The molecule has 0 aliphatic rings. The number of nitrogens with zero attached hydrogens (tertiary/aromatic N) is 1. The Morgan fingerprint density at radius 3 is 2.17 bits per heavy atom. The van der Waals surface area contributed by atoms with Crippen molar-refractivity contribution in [1.82, 2.24) is 0 Å². The van der Waals surface area contributed by atoms with Crippen LogP contribution in [0.25, 0.3) is 11.1 Å². The Hall–Kier alpha value is -3.23. The lowest BCUT2D eigenvalue weighted by atomic mass is 10.0. The largest absolute Gasteiger partial charge is 0.487 e. The van der Waals surface area contributed by atoms with Crippen LogP contribution >= 0.6 is 0 Å². The summed E-state index contributed by atoms with van der Waals surface area (Å²) in [6, 6.07) is 5.02. The minimum absolute atomic E-state index is 0.0247. The van der Waals surface area contributed by atoms with Crippen LogP contribution in [0.15, 0.2) is 30.3 Å². The maximum absolute atomic E-state index is 14.4. The first-order valence-electron chi connectivity index (χ1n) is 9.13. The van der Waals surface area contributed by atoms with Crippen molar-refractivity contribution in [3.05, 3.63) is 52.1 Å². The van der Waals surface area contributed by atoms with Gasteiger partial charge in [0.15, 0.2) is 0 Å². The van der Waals surface area contributed by atoms with Crippen LogP contribution in [-0.2, 0) is 4.74 Å². The number of nitro groups is 1. The van der Waals surface area contributed by atoms with Crippen LogP contribution in [-0.4, -0.2) is 22.2 Å². The molecule has 0 spiro atoms. The predicted molar refractivity (Wildman–Crippen MR) is 109 cm³/mol. The number of rotatable bonds is 4. The second kappa shape index (κ2) is 8.25. The summed E-state index contributed by atoms with van der Waals surface area (Å²) in [6.45, 7) is 10.1. The van der Waals surface area contributed by atoms with Gasteiger partial charge in [-0.15, -0.1) is 0 Å². The van der Waals surface area contributed by atoms with Gasteiger partial charge in [-0.3, -0.25) is 15.4 Å². The lowest BCUT2D eigenvalue weighted by Gasteiger charge is -2.24. The zero-order valence-corrected chi connectivity index (χ0v) is 17.6. The summed E-state index contributed by atoms with van der Waals surface area (Å²) in [7, 11) is 0. The van der Waals surface area contributed by atoms with E-state index in [-0.39, 0.29) is 22.6 Å². The van der Waals surface area contributed by atoms with Crippen LogP contribution in [0.5, 0.6) is 5.75 Å². The van der Waals surface area contributed by atoms with E-state index in [1.165, 1.54) is 6.07 Å². The van der Waals surface area contributed by atoms with E-state index < -0.39 is 39.5 Å². The highest BCUT2D eigenvalue weighted by atomic mass is 19.1. The van der Waals surface area contributed by atoms with E-state index in [0.717, 1.165) is 24.3 Å². The Morgan fingerprint density at radius 2 is 1.63 bits per heavy atom. The third-order valence-electron chi connectivity index (χ3n) is 3.56. The van der Waals surface area contributed by atoms with Gasteiger partial charge in [0, 0.05) is 23.3 Å². The molecule has 30 heavy (non-hydrogen) atoms. The predicted octanol–water partition coefficient (Wildman–Crippen LogP) is 6.06. The van der Waals surface area contributed by atoms with Crippen LogP contribution in [0.2, 0.25) is 0 Å². The lowest BCUT2D eigenvalue weighted by Crippen LogP contribution is -2.27. The Morgan fingerprint density at radius 1 is 1.00 bits per heavy atom. The van der Waals surface area contributed by atoms with E-state index in [4.69, 9.17) is 9.47 Å². The SMILES string of the molecule is CC(C)(C)OC(=O)Nc1cc(OC(C)(C)C)c(-c2cc(F)ccc2F)cc1[N+](=O)[O-]. The Labute approximate surface area is 173 Å². The molecule has 0 aliphatic carbocycles. The molecule has 2 aromatic rings. The number of carbonyl (C=O) groups is 1. The fourth-order valence-corrected chi connectivity index (χ4v) is 2.56. The van der Waals surface area contributed by atoms with Crippen LogP contribution < -0.4 is 10.1 Å². The summed E-state index contributed by atoms with van der Waals surface area (Å²) in [5.41, 5.74) is -2.55. The molecule has 0 fully saturated rings. The fraction of sp³-hybridized carbons (Fsp3) is 0.381. The number of benzene rings is 2. The van der Waals surface area contributed by atoms with Crippen molar-refractivity contribution in [1.29, 1.82) is 0 Å². The maximum Gasteiger partial charge on any atom is 0.412 e. The van der Waals surface area contributed by atoms with Gasteiger partial charge in [0.1, 0.15) is 34.3 Å². The van der Waals surface area contributed by atoms with E-state index in [2.05, 4.69) is 5.32 Å². The number of nitrogens with one attached hydrogen (secondary N) is 1. The molecule has 0 saturated heterocycles. The Bertz CT molecular complexity index is 979. The van der Waals surface area contributed by atoms with Crippen LogP contribution in [0.3, 0.4) is 0 Å². The number of amides is 1. The molecule has 9 heteroatoms. The van der Waals surface area contributed by atoms with Gasteiger partial charge >= 0.3 is 6.09 Å². The van der Waals surface area contributed by atoms with Gasteiger partial charge in [-0.25, -0.2) is 13.6 Å². The second-order valence-electron chi connectivity index (χ2n) is 8.59. The molecule has 2 rings (SSSR count). The number of anilines is 1. The summed E-state index contributed by atoms with van der Waals surface area (Å²) in [5.74, 6) is -1.47. The van der Waals surface area contributed by atoms with Gasteiger partial charge in [-0.2, -0.15) is 0 Å². The highest BCUT2D eigenvalue weighted by Gasteiger charge is 2.27. The average Bonchev–Trinajstić information content (AvgIpc) is 2.54. The molecular weight excluding hydrogens is 398 g/mol. The summed E-state index contributed by atoms with van der Waals surface area (Å²) in [4.78, 5) is 23.0. The normalized spacial score (nSPS) is 11.7. The maximum atomic E-state index is 14.4. The highest BCUT2D eigenvalue weighted by molar-refractivity contribution is 5.91. The van der Waals surface area contributed by atoms with E-state index in [9.17, 15) is 23.7 Å². The highest BCUT2D eigenvalue weighted by Crippen LogP contribution is 2.41. The molecule has 0 heterocycles. The van der Waals surface area contributed by atoms with Crippen molar-refractivity contribution in [3.63, 3.8) is 0 Å². The van der Waals surface area contributed by atoms with Gasteiger partial charge in [-0.05, 0) is 59.7 Å².